The van der Waals surface area contributed by atoms with Gasteiger partial charge in [-0.15, -0.1) is 0 Å². The van der Waals surface area contributed by atoms with Gasteiger partial charge >= 0.3 is 6.18 Å². The van der Waals surface area contributed by atoms with Gasteiger partial charge in [0.1, 0.15) is 0 Å². The van der Waals surface area contributed by atoms with Gasteiger partial charge in [-0.2, -0.15) is 13.2 Å². The molecule has 0 radical (unpaired) electrons. The number of nitrogens with zero attached hydrogens (tertiary/aromatic N) is 1. The van der Waals surface area contributed by atoms with Gasteiger partial charge in [-0.3, -0.25) is 0 Å². The Labute approximate surface area is 224 Å². The lowest BCUT2D eigenvalue weighted by Crippen LogP contribution is -2.53. The summed E-state index contributed by atoms with van der Waals surface area (Å²) in [5, 5.41) is 3.64. The molecule has 38 heavy (non-hydrogen) atoms. The van der Waals surface area contributed by atoms with E-state index in [1.807, 2.05) is 0 Å². The second-order valence-corrected chi connectivity index (χ2v) is 15.8. The van der Waals surface area contributed by atoms with Crippen LogP contribution in [0.2, 0.25) is 18.6 Å². The van der Waals surface area contributed by atoms with Gasteiger partial charge in [0.25, 0.3) is 0 Å². The number of hydrogen-bond acceptors (Lipinski definition) is 2. The van der Waals surface area contributed by atoms with Crippen molar-refractivity contribution in [1.82, 2.24) is 0 Å². The zero-order chi connectivity index (χ0) is 26.7. The topological polar surface area (TPSA) is 15.3 Å². The third-order valence-electron chi connectivity index (χ3n) is 8.97. The van der Waals surface area contributed by atoms with Crippen molar-refractivity contribution >= 4 is 36.6 Å². The summed E-state index contributed by atoms with van der Waals surface area (Å²) in [6.45, 7) is 7.31. The normalized spacial score (nSPS) is 24.3. The molecule has 3 aliphatic rings. The number of halogens is 3. The van der Waals surface area contributed by atoms with Gasteiger partial charge in [-0.05, 0) is 77.3 Å². The monoisotopic (exact) mass is 530 g/mol. The van der Waals surface area contributed by atoms with Crippen LogP contribution in [0.15, 0.2) is 91.0 Å². The Morgan fingerprint density at radius 1 is 0.895 bits per heavy atom. The Bertz CT molecular complexity index is 1360. The summed E-state index contributed by atoms with van der Waals surface area (Å²) in [4.78, 5) is 0. The van der Waals surface area contributed by atoms with Crippen molar-refractivity contribution in [2.75, 3.05) is 9.88 Å². The van der Waals surface area contributed by atoms with E-state index >= 15 is 0 Å². The van der Waals surface area contributed by atoms with Crippen LogP contribution in [0.1, 0.15) is 30.9 Å². The van der Waals surface area contributed by atoms with Gasteiger partial charge < -0.3 is 9.88 Å². The molecule has 2 aliphatic carbocycles. The first-order valence-corrected chi connectivity index (χ1v) is 16.5. The first-order valence-electron chi connectivity index (χ1n) is 13.5. The van der Waals surface area contributed by atoms with Crippen LogP contribution in [-0.4, -0.2) is 8.24 Å². The number of benzene rings is 3. The summed E-state index contributed by atoms with van der Waals surface area (Å²) in [6.07, 6.45) is 4.49. The maximum atomic E-state index is 13.2. The van der Waals surface area contributed by atoms with Gasteiger partial charge in [-0.25, -0.2) is 0 Å². The van der Waals surface area contributed by atoms with Crippen LogP contribution in [0.4, 0.5) is 35.9 Å². The smallest absolute Gasteiger partial charge is 0.366 e. The predicted molar refractivity (Wildman–Crippen MR) is 153 cm³/mol. The number of para-hydroxylation sites is 4. The fraction of sp³-hybridized carbons (Fsp3) is 0.312. The fourth-order valence-electron chi connectivity index (χ4n) is 7.42. The molecule has 0 saturated heterocycles. The minimum atomic E-state index is -4.32. The molecule has 1 heterocycles. The van der Waals surface area contributed by atoms with Gasteiger partial charge in [0.15, 0.2) is 8.24 Å². The summed E-state index contributed by atoms with van der Waals surface area (Å²) in [6, 6.07) is 22.9. The predicted octanol–water partition coefficient (Wildman–Crippen LogP) is 9.79. The molecule has 6 rings (SSSR count). The molecular formula is C32H33F3N2Si. The number of hydrogen-bond donors (Lipinski definition) is 1. The Hall–Kier alpha value is -3.25. The van der Waals surface area contributed by atoms with Gasteiger partial charge in [-0.1, -0.05) is 81.1 Å². The maximum Gasteiger partial charge on any atom is 0.416 e. The summed E-state index contributed by atoms with van der Waals surface area (Å²) in [5.41, 5.74) is 6.73. The number of nitrogens with one attached hydrogen (secondary N) is 1. The molecule has 4 atom stereocenters. The summed E-state index contributed by atoms with van der Waals surface area (Å²) >= 11 is 0. The van der Waals surface area contributed by atoms with Crippen LogP contribution in [0.5, 0.6) is 0 Å². The molecule has 1 aliphatic heterocycles. The average molecular weight is 531 g/mol. The number of allylic oxidation sites excluding steroid dienone is 4. The van der Waals surface area contributed by atoms with Gasteiger partial charge in [0, 0.05) is 0 Å². The highest BCUT2D eigenvalue weighted by Gasteiger charge is 2.54. The first kappa shape index (κ1) is 25.0. The standard InChI is InChI=1S/C32H33F3N2Si/c1-4-21-20-26-24(22-16-18-23(19-17-22)32(33,34)35)10-9-11-25(26)31(21)38(2,3)37-29-14-7-5-12-27(29)36-28-13-6-8-15-30(28)37/h5-19,21,25-26,31,36H,4,20H2,1-3H3/t21-,25+,26-,31?/m1/s1. The molecule has 6 heteroatoms. The van der Waals surface area contributed by atoms with E-state index in [1.165, 1.54) is 29.1 Å². The SMILES string of the molecule is CC[C@@H]1C[C@@H]2C(c3ccc(C(F)(F)F)cc3)=CC=C[C@@H]2C1[Si](C)(C)N1c2ccccc2Nc2ccccc21. The van der Waals surface area contributed by atoms with Gasteiger partial charge in [0.2, 0.25) is 0 Å². The number of rotatable bonds is 4. The van der Waals surface area contributed by atoms with Crippen molar-refractivity contribution in [1.29, 1.82) is 0 Å². The quantitative estimate of drug-likeness (QED) is 0.338. The molecule has 1 saturated carbocycles. The molecule has 0 spiro atoms. The molecule has 196 valence electrons. The Morgan fingerprint density at radius 2 is 1.50 bits per heavy atom. The molecule has 3 aromatic carbocycles. The van der Waals surface area contributed by atoms with Crippen molar-refractivity contribution in [2.45, 2.75) is 44.6 Å². The van der Waals surface area contributed by atoms with Gasteiger partial charge in [0.05, 0.1) is 28.3 Å². The lowest BCUT2D eigenvalue weighted by molar-refractivity contribution is -0.137. The molecule has 0 bridgehead atoms. The summed E-state index contributed by atoms with van der Waals surface area (Å²) < 4.78 is 42.3. The van der Waals surface area contributed by atoms with Crippen LogP contribution in [0, 0.1) is 17.8 Å². The van der Waals surface area contributed by atoms with Crippen LogP contribution in [0.3, 0.4) is 0 Å². The Kier molecular flexibility index (Phi) is 6.06. The third kappa shape index (κ3) is 4.01. The van der Waals surface area contributed by atoms with Crippen molar-refractivity contribution in [2.24, 2.45) is 17.8 Å². The second-order valence-electron chi connectivity index (χ2n) is 11.3. The Balaban J connectivity index is 1.39. The van der Waals surface area contributed by atoms with Crippen molar-refractivity contribution in [3.8, 4) is 0 Å². The van der Waals surface area contributed by atoms with Crippen LogP contribution < -0.4 is 9.88 Å². The van der Waals surface area contributed by atoms with E-state index in [0.717, 1.165) is 29.8 Å². The van der Waals surface area contributed by atoms with E-state index in [1.54, 1.807) is 12.1 Å². The van der Waals surface area contributed by atoms with Crippen LogP contribution in [-0.2, 0) is 6.18 Å². The molecule has 2 nitrogen and oxygen atoms in total. The van der Waals surface area contributed by atoms with Crippen molar-refractivity contribution in [3.63, 3.8) is 0 Å². The lowest BCUT2D eigenvalue weighted by Gasteiger charge is -2.49. The number of fused-ring (bicyclic) bond motifs is 3. The highest BCUT2D eigenvalue weighted by Crippen LogP contribution is 2.60. The van der Waals surface area contributed by atoms with Crippen molar-refractivity contribution in [3.05, 3.63) is 102 Å². The van der Waals surface area contributed by atoms with E-state index in [0.29, 0.717) is 23.3 Å². The fourth-order valence-corrected chi connectivity index (χ4v) is 12.2. The summed E-state index contributed by atoms with van der Waals surface area (Å²) in [5.74, 6) is 1.21. The lowest BCUT2D eigenvalue weighted by atomic mass is 9.81. The van der Waals surface area contributed by atoms with E-state index in [4.69, 9.17) is 0 Å². The zero-order valence-corrected chi connectivity index (χ0v) is 23.0. The van der Waals surface area contributed by atoms with E-state index in [9.17, 15) is 13.2 Å². The van der Waals surface area contributed by atoms with Crippen LogP contribution in [0.25, 0.3) is 5.57 Å². The summed E-state index contributed by atoms with van der Waals surface area (Å²) in [7, 11) is -2.16. The highest BCUT2D eigenvalue weighted by molar-refractivity contribution is 6.84. The van der Waals surface area contributed by atoms with E-state index in [2.05, 4.69) is 96.7 Å². The Morgan fingerprint density at radius 3 is 2.08 bits per heavy atom. The van der Waals surface area contributed by atoms with E-state index < -0.39 is 20.0 Å². The minimum Gasteiger partial charge on any atom is -0.366 e. The molecule has 1 fully saturated rings. The molecular weight excluding hydrogens is 497 g/mol. The molecule has 0 amide bonds. The molecule has 1 unspecified atom stereocenters. The minimum absolute atomic E-state index is 0.312. The van der Waals surface area contributed by atoms with Crippen molar-refractivity contribution < 1.29 is 13.2 Å². The highest BCUT2D eigenvalue weighted by atomic mass is 28.3. The first-order chi connectivity index (χ1) is 18.2. The third-order valence-corrected chi connectivity index (χ3v) is 13.1. The zero-order valence-electron chi connectivity index (χ0n) is 22.0. The molecule has 3 aromatic rings. The van der Waals surface area contributed by atoms with Crippen LogP contribution >= 0.6 is 0 Å². The average Bonchev–Trinajstić information content (AvgIpc) is 3.31. The largest absolute Gasteiger partial charge is 0.416 e. The second kappa shape index (κ2) is 9.19. The molecule has 0 aromatic heterocycles. The number of anilines is 4. The maximum absolute atomic E-state index is 13.2. The van der Waals surface area contributed by atoms with E-state index in [-0.39, 0.29) is 0 Å². The number of alkyl halides is 3. The molecule has 1 N–H and O–H groups in total.